The number of hydrogen-bond donors (Lipinski definition) is 1. The molecule has 0 amide bonds. The first-order chi connectivity index (χ1) is 14.2. The Morgan fingerprint density at radius 1 is 1.27 bits per heavy atom. The molecule has 1 unspecified atom stereocenters. The summed E-state index contributed by atoms with van der Waals surface area (Å²) in [7, 11) is 2.96. The lowest BCUT2D eigenvalue weighted by Gasteiger charge is -2.35. The number of nitrogens with one attached hydrogen (secondary N) is 1. The van der Waals surface area contributed by atoms with Crippen LogP contribution in [0.4, 0.5) is 10.1 Å². The zero-order valence-corrected chi connectivity index (χ0v) is 17.2. The highest BCUT2D eigenvalue weighted by molar-refractivity contribution is 7.80. The molecule has 0 saturated carbocycles. The molecule has 1 N–H and O–H groups in total. The lowest BCUT2D eigenvalue weighted by molar-refractivity contribution is -0.385. The summed E-state index contributed by atoms with van der Waals surface area (Å²) in [5.74, 6) is -0.800. The normalized spacial score (nSPS) is 16.2. The number of rotatable bonds is 5. The number of nitrogens with zero attached hydrogens (tertiary/aromatic N) is 2. The zero-order chi connectivity index (χ0) is 22.0. The standard InChI is InChI=1S/C20H18FN3O5S/c1-11-17(19(25)28-3)18(22-20(30)23(11)2)12-4-9-16(15(10-12)24(26)27)29-14-7-5-13(21)6-8-14/h4-10,18H,1-3H3,(H,22,30). The van der Waals surface area contributed by atoms with Crippen LogP contribution < -0.4 is 10.1 Å². The molecule has 0 bridgehead atoms. The van der Waals surface area contributed by atoms with Gasteiger partial charge in [0.15, 0.2) is 5.11 Å². The molecule has 2 aromatic carbocycles. The molecule has 8 nitrogen and oxygen atoms in total. The van der Waals surface area contributed by atoms with E-state index in [4.69, 9.17) is 21.7 Å². The first-order valence-electron chi connectivity index (χ1n) is 8.78. The monoisotopic (exact) mass is 431 g/mol. The summed E-state index contributed by atoms with van der Waals surface area (Å²) in [4.78, 5) is 25.1. The van der Waals surface area contributed by atoms with E-state index in [1.165, 1.54) is 43.5 Å². The van der Waals surface area contributed by atoms with E-state index in [1.807, 2.05) is 0 Å². The third-order valence-electron chi connectivity index (χ3n) is 4.71. The van der Waals surface area contributed by atoms with Crippen molar-refractivity contribution < 1.29 is 23.6 Å². The van der Waals surface area contributed by atoms with Crippen LogP contribution in [0.2, 0.25) is 0 Å². The van der Waals surface area contributed by atoms with Crippen molar-refractivity contribution in [2.24, 2.45) is 0 Å². The number of halogens is 1. The van der Waals surface area contributed by atoms with Crippen LogP contribution in [0.25, 0.3) is 0 Å². The van der Waals surface area contributed by atoms with Crippen molar-refractivity contribution in [2.75, 3.05) is 14.2 Å². The van der Waals surface area contributed by atoms with Crippen LogP contribution in [0.15, 0.2) is 53.7 Å². The SMILES string of the molecule is COC(=O)C1=C(C)N(C)C(=S)NC1c1ccc(Oc2ccc(F)cc2)c([N+](=O)[O-])c1. The van der Waals surface area contributed by atoms with Crippen molar-refractivity contribution in [1.82, 2.24) is 10.2 Å². The van der Waals surface area contributed by atoms with Gasteiger partial charge in [-0.05, 0) is 55.0 Å². The van der Waals surface area contributed by atoms with Crippen LogP contribution in [-0.2, 0) is 9.53 Å². The van der Waals surface area contributed by atoms with Crippen LogP contribution in [0.5, 0.6) is 11.5 Å². The van der Waals surface area contributed by atoms with E-state index in [1.54, 1.807) is 24.9 Å². The minimum absolute atomic E-state index is 0.0221. The van der Waals surface area contributed by atoms with Gasteiger partial charge >= 0.3 is 11.7 Å². The average molecular weight is 431 g/mol. The van der Waals surface area contributed by atoms with Crippen LogP contribution in [0.1, 0.15) is 18.5 Å². The highest BCUT2D eigenvalue weighted by Gasteiger charge is 2.34. The maximum atomic E-state index is 13.1. The van der Waals surface area contributed by atoms with Gasteiger partial charge < -0.3 is 19.7 Å². The lowest BCUT2D eigenvalue weighted by atomic mass is 9.94. The molecule has 1 aliphatic rings. The Hall–Kier alpha value is -3.53. The second-order valence-corrected chi connectivity index (χ2v) is 6.86. The van der Waals surface area contributed by atoms with E-state index >= 15 is 0 Å². The Morgan fingerprint density at radius 3 is 2.53 bits per heavy atom. The summed E-state index contributed by atoms with van der Waals surface area (Å²) >= 11 is 5.31. The van der Waals surface area contributed by atoms with Gasteiger partial charge in [0, 0.05) is 18.8 Å². The Morgan fingerprint density at radius 2 is 1.93 bits per heavy atom. The Balaban J connectivity index is 2.04. The molecule has 10 heteroatoms. The average Bonchev–Trinajstić information content (AvgIpc) is 2.73. The van der Waals surface area contributed by atoms with Gasteiger partial charge in [0.1, 0.15) is 11.6 Å². The van der Waals surface area contributed by atoms with Crippen molar-refractivity contribution in [3.63, 3.8) is 0 Å². The number of methoxy groups -OCH3 is 1. The predicted molar refractivity (Wildman–Crippen MR) is 111 cm³/mol. The molecule has 0 saturated heterocycles. The minimum atomic E-state index is -0.736. The maximum absolute atomic E-state index is 13.1. The molecular weight excluding hydrogens is 413 g/mol. The summed E-state index contributed by atoms with van der Waals surface area (Å²) in [5, 5.41) is 15.0. The van der Waals surface area contributed by atoms with Gasteiger partial charge in [0.05, 0.1) is 23.6 Å². The van der Waals surface area contributed by atoms with Crippen molar-refractivity contribution >= 4 is 29.0 Å². The highest BCUT2D eigenvalue weighted by atomic mass is 32.1. The molecule has 156 valence electrons. The first kappa shape index (κ1) is 21.2. The smallest absolute Gasteiger partial charge is 0.337 e. The van der Waals surface area contributed by atoms with Crippen molar-refractivity contribution in [3.05, 3.63) is 75.2 Å². The van der Waals surface area contributed by atoms with Crippen molar-refractivity contribution in [2.45, 2.75) is 13.0 Å². The van der Waals surface area contributed by atoms with Crippen molar-refractivity contribution in [3.8, 4) is 11.5 Å². The van der Waals surface area contributed by atoms with Gasteiger partial charge in [-0.3, -0.25) is 10.1 Å². The fourth-order valence-electron chi connectivity index (χ4n) is 3.03. The topological polar surface area (TPSA) is 93.9 Å². The largest absolute Gasteiger partial charge is 0.466 e. The molecule has 30 heavy (non-hydrogen) atoms. The van der Waals surface area contributed by atoms with Gasteiger partial charge in [-0.1, -0.05) is 6.07 Å². The number of ether oxygens (including phenoxy) is 2. The number of carbonyl (C=O) groups excluding carboxylic acids is 1. The van der Waals surface area contributed by atoms with Crippen LogP contribution in [0, 0.1) is 15.9 Å². The zero-order valence-electron chi connectivity index (χ0n) is 16.3. The van der Waals surface area contributed by atoms with Crippen LogP contribution in [0.3, 0.4) is 0 Å². The third kappa shape index (κ3) is 4.08. The van der Waals surface area contributed by atoms with Crippen molar-refractivity contribution in [1.29, 1.82) is 0 Å². The molecule has 0 aliphatic carbocycles. The van der Waals surface area contributed by atoms with Gasteiger partial charge in [-0.15, -0.1) is 0 Å². The molecule has 1 heterocycles. The second kappa shape index (κ2) is 8.46. The summed E-state index contributed by atoms with van der Waals surface area (Å²) in [6.45, 7) is 1.72. The summed E-state index contributed by atoms with van der Waals surface area (Å²) in [6.07, 6.45) is 0. The van der Waals surface area contributed by atoms with E-state index in [0.29, 0.717) is 16.4 Å². The van der Waals surface area contributed by atoms with E-state index in [9.17, 15) is 19.3 Å². The fourth-order valence-corrected chi connectivity index (χ4v) is 3.29. The van der Waals surface area contributed by atoms with E-state index in [2.05, 4.69) is 5.32 Å². The van der Waals surface area contributed by atoms with E-state index in [0.717, 1.165) is 0 Å². The van der Waals surface area contributed by atoms with E-state index in [-0.39, 0.29) is 22.8 Å². The molecule has 0 aromatic heterocycles. The number of esters is 1. The quantitative estimate of drug-likeness (QED) is 0.330. The van der Waals surface area contributed by atoms with E-state index < -0.39 is 22.8 Å². The second-order valence-electron chi connectivity index (χ2n) is 6.47. The number of benzene rings is 2. The molecular formula is C20H18FN3O5S. The number of thiocarbonyl (C=S) groups is 1. The molecule has 0 spiro atoms. The third-order valence-corrected chi connectivity index (χ3v) is 5.11. The first-order valence-corrected chi connectivity index (χ1v) is 9.18. The Kier molecular flexibility index (Phi) is 5.97. The summed E-state index contributed by atoms with van der Waals surface area (Å²) in [5.41, 5.74) is 0.980. The van der Waals surface area contributed by atoms with Gasteiger partial charge in [-0.25, -0.2) is 9.18 Å². The molecule has 2 aromatic rings. The number of carbonyl (C=O) groups is 1. The Labute approximate surface area is 177 Å². The Bertz CT molecular complexity index is 1050. The fraction of sp³-hybridized carbons (Fsp3) is 0.200. The number of nitro benzene ring substituents is 1. The van der Waals surface area contributed by atoms with Crippen LogP contribution >= 0.6 is 12.2 Å². The highest BCUT2D eigenvalue weighted by Crippen LogP contribution is 2.37. The molecule has 1 aliphatic heterocycles. The molecule has 0 fully saturated rings. The number of hydrogen-bond acceptors (Lipinski definition) is 6. The van der Waals surface area contributed by atoms with Gasteiger partial charge in [0.2, 0.25) is 5.75 Å². The molecule has 1 atom stereocenters. The number of nitro groups is 1. The number of allylic oxidation sites excluding steroid dienone is 1. The van der Waals surface area contributed by atoms with Gasteiger partial charge in [0.25, 0.3) is 0 Å². The maximum Gasteiger partial charge on any atom is 0.337 e. The predicted octanol–water partition coefficient (Wildman–Crippen LogP) is 3.83. The molecule has 0 radical (unpaired) electrons. The summed E-state index contributed by atoms with van der Waals surface area (Å²) < 4.78 is 23.5. The summed E-state index contributed by atoms with van der Waals surface area (Å²) in [6, 6.07) is 8.69. The van der Waals surface area contributed by atoms with Crippen LogP contribution in [-0.4, -0.2) is 35.1 Å². The minimum Gasteiger partial charge on any atom is -0.466 e. The molecule has 3 rings (SSSR count). The lowest BCUT2D eigenvalue weighted by Crippen LogP contribution is -2.46. The van der Waals surface area contributed by atoms with Gasteiger partial charge in [-0.2, -0.15) is 0 Å².